The molecule has 0 bridgehead atoms. The summed E-state index contributed by atoms with van der Waals surface area (Å²) >= 11 is 6.08. The quantitative estimate of drug-likeness (QED) is 0.798. The lowest BCUT2D eigenvalue weighted by Gasteiger charge is -2.09. The van der Waals surface area contributed by atoms with Gasteiger partial charge in [0.2, 0.25) is 0 Å². The first kappa shape index (κ1) is 15.1. The monoisotopic (exact) mass is 330 g/mol. The predicted molar refractivity (Wildman–Crippen MR) is 85.9 cm³/mol. The van der Waals surface area contributed by atoms with Gasteiger partial charge in [-0.3, -0.25) is 9.36 Å². The van der Waals surface area contributed by atoms with E-state index in [0.717, 1.165) is 0 Å². The number of hydrogen-bond acceptors (Lipinski definition) is 4. The van der Waals surface area contributed by atoms with Gasteiger partial charge in [0.1, 0.15) is 12.1 Å². The van der Waals surface area contributed by atoms with Crippen molar-refractivity contribution < 1.29 is 14.6 Å². The normalized spacial score (nSPS) is 10.7. The molecular formula is C16H11ClN2O4. The molecule has 0 fully saturated rings. The lowest BCUT2D eigenvalue weighted by atomic mass is 10.1. The first-order valence-corrected chi connectivity index (χ1v) is 6.97. The molecule has 7 heteroatoms. The predicted octanol–water partition coefficient (Wildman–Crippen LogP) is 2.75. The van der Waals surface area contributed by atoms with E-state index < -0.39 is 5.97 Å². The number of halogens is 1. The number of rotatable bonds is 3. The van der Waals surface area contributed by atoms with Gasteiger partial charge in [-0.05, 0) is 36.4 Å². The summed E-state index contributed by atoms with van der Waals surface area (Å²) < 4.78 is 6.42. The number of aromatic nitrogens is 2. The van der Waals surface area contributed by atoms with Crippen LogP contribution in [0.3, 0.4) is 0 Å². The number of benzene rings is 2. The third-order valence-corrected chi connectivity index (χ3v) is 3.72. The molecule has 3 aromatic rings. The first-order valence-electron chi connectivity index (χ1n) is 6.60. The van der Waals surface area contributed by atoms with Crippen LogP contribution in [-0.2, 0) is 0 Å². The highest BCUT2D eigenvalue weighted by molar-refractivity contribution is 6.32. The molecule has 0 saturated heterocycles. The molecule has 2 aromatic carbocycles. The van der Waals surface area contributed by atoms with Crippen LogP contribution in [0.15, 0.2) is 47.5 Å². The lowest BCUT2D eigenvalue weighted by molar-refractivity contribution is 0.0697. The van der Waals surface area contributed by atoms with Crippen LogP contribution in [-0.4, -0.2) is 27.7 Å². The van der Waals surface area contributed by atoms with Crippen LogP contribution in [0.1, 0.15) is 10.4 Å². The van der Waals surface area contributed by atoms with Gasteiger partial charge in [0.05, 0.1) is 34.3 Å². The van der Waals surface area contributed by atoms with Crippen molar-refractivity contribution in [2.45, 2.75) is 0 Å². The van der Waals surface area contributed by atoms with E-state index in [2.05, 4.69) is 4.98 Å². The molecule has 0 aliphatic heterocycles. The molecule has 0 unspecified atom stereocenters. The van der Waals surface area contributed by atoms with Crippen LogP contribution in [0.25, 0.3) is 16.6 Å². The molecule has 0 amide bonds. The van der Waals surface area contributed by atoms with Crippen LogP contribution < -0.4 is 10.3 Å². The first-order chi connectivity index (χ1) is 11.0. The maximum absolute atomic E-state index is 12.6. The minimum atomic E-state index is -1.07. The summed E-state index contributed by atoms with van der Waals surface area (Å²) in [6.45, 7) is 0. The second kappa shape index (κ2) is 5.73. The van der Waals surface area contributed by atoms with Gasteiger partial charge in [-0.25, -0.2) is 9.78 Å². The zero-order valence-electron chi connectivity index (χ0n) is 12.0. The van der Waals surface area contributed by atoms with Crippen LogP contribution in [0.5, 0.6) is 5.75 Å². The fourth-order valence-corrected chi connectivity index (χ4v) is 2.50. The van der Waals surface area contributed by atoms with Gasteiger partial charge >= 0.3 is 5.97 Å². The smallest absolute Gasteiger partial charge is 0.335 e. The third kappa shape index (κ3) is 2.64. The molecule has 1 aromatic heterocycles. The second-order valence-electron chi connectivity index (χ2n) is 4.78. The Morgan fingerprint density at radius 2 is 2.04 bits per heavy atom. The van der Waals surface area contributed by atoms with E-state index in [0.29, 0.717) is 27.4 Å². The average molecular weight is 331 g/mol. The Balaban J connectivity index is 2.18. The van der Waals surface area contributed by atoms with E-state index in [9.17, 15) is 9.59 Å². The largest absolute Gasteiger partial charge is 0.495 e. The van der Waals surface area contributed by atoms with E-state index in [1.165, 1.54) is 36.2 Å². The highest BCUT2D eigenvalue weighted by Gasteiger charge is 2.10. The van der Waals surface area contributed by atoms with E-state index in [4.69, 9.17) is 21.4 Å². The maximum atomic E-state index is 12.6. The number of carbonyl (C=O) groups is 1. The zero-order chi connectivity index (χ0) is 16.6. The van der Waals surface area contributed by atoms with Gasteiger partial charge in [0.25, 0.3) is 5.56 Å². The number of methoxy groups -OCH3 is 1. The zero-order valence-corrected chi connectivity index (χ0v) is 12.7. The highest BCUT2D eigenvalue weighted by atomic mass is 35.5. The number of nitrogens with zero attached hydrogens (tertiary/aromatic N) is 2. The number of aromatic carboxylic acids is 1. The van der Waals surface area contributed by atoms with Gasteiger partial charge < -0.3 is 9.84 Å². The summed E-state index contributed by atoms with van der Waals surface area (Å²) in [5, 5.41) is 9.69. The summed E-state index contributed by atoms with van der Waals surface area (Å²) in [5.74, 6) is -0.567. The molecule has 23 heavy (non-hydrogen) atoms. The minimum absolute atomic E-state index is 0.0784. The van der Waals surface area contributed by atoms with Crippen molar-refractivity contribution in [1.82, 2.24) is 9.55 Å². The lowest BCUT2D eigenvalue weighted by Crippen LogP contribution is -2.19. The van der Waals surface area contributed by atoms with Crippen molar-refractivity contribution in [1.29, 1.82) is 0 Å². The number of ether oxygens (including phenoxy) is 1. The van der Waals surface area contributed by atoms with Gasteiger partial charge in [-0.2, -0.15) is 0 Å². The van der Waals surface area contributed by atoms with Crippen LogP contribution >= 0.6 is 11.6 Å². The standard InChI is InChI=1S/C16H11ClN2O4/c1-23-14-5-3-10(7-12(14)17)19-8-18-13-6-9(16(21)22)2-4-11(13)15(19)20/h2-8H,1H3,(H,21,22). The number of hydrogen-bond donors (Lipinski definition) is 1. The summed E-state index contributed by atoms with van der Waals surface area (Å²) in [6.07, 6.45) is 1.34. The molecule has 1 heterocycles. The van der Waals surface area contributed by atoms with Crippen molar-refractivity contribution in [3.8, 4) is 11.4 Å². The third-order valence-electron chi connectivity index (χ3n) is 3.42. The summed E-state index contributed by atoms with van der Waals surface area (Å²) in [5.41, 5.74) is 0.631. The second-order valence-corrected chi connectivity index (χ2v) is 5.18. The highest BCUT2D eigenvalue weighted by Crippen LogP contribution is 2.26. The van der Waals surface area contributed by atoms with Crippen LogP contribution in [0.4, 0.5) is 0 Å². The Bertz CT molecular complexity index is 981. The number of fused-ring (bicyclic) bond motifs is 1. The molecule has 6 nitrogen and oxygen atoms in total. The Labute approximate surface area is 135 Å². The maximum Gasteiger partial charge on any atom is 0.335 e. The molecule has 0 aliphatic carbocycles. The molecule has 3 rings (SSSR count). The fourth-order valence-electron chi connectivity index (χ4n) is 2.24. The SMILES string of the molecule is COc1ccc(-n2cnc3cc(C(=O)O)ccc3c2=O)cc1Cl. The molecule has 0 atom stereocenters. The van der Waals surface area contributed by atoms with Crippen molar-refractivity contribution in [3.05, 3.63) is 63.7 Å². The Morgan fingerprint density at radius 1 is 1.26 bits per heavy atom. The van der Waals surface area contributed by atoms with Gasteiger partial charge in [0, 0.05) is 0 Å². The van der Waals surface area contributed by atoms with Gasteiger partial charge in [0.15, 0.2) is 0 Å². The topological polar surface area (TPSA) is 81.4 Å². The minimum Gasteiger partial charge on any atom is -0.495 e. The molecular weight excluding hydrogens is 320 g/mol. The average Bonchev–Trinajstić information content (AvgIpc) is 2.54. The Hall–Kier alpha value is -2.86. The molecule has 1 N–H and O–H groups in total. The number of carboxylic acids is 1. The van der Waals surface area contributed by atoms with E-state index in [1.807, 2.05) is 0 Å². The Morgan fingerprint density at radius 3 is 2.70 bits per heavy atom. The van der Waals surface area contributed by atoms with E-state index in [1.54, 1.807) is 18.2 Å². The summed E-state index contributed by atoms with van der Waals surface area (Å²) in [4.78, 5) is 27.7. The summed E-state index contributed by atoms with van der Waals surface area (Å²) in [7, 11) is 1.50. The van der Waals surface area contributed by atoms with Crippen molar-refractivity contribution in [3.63, 3.8) is 0 Å². The summed E-state index contributed by atoms with van der Waals surface area (Å²) in [6, 6.07) is 9.13. The Kier molecular flexibility index (Phi) is 3.75. The van der Waals surface area contributed by atoms with Crippen molar-refractivity contribution in [2.75, 3.05) is 7.11 Å². The van der Waals surface area contributed by atoms with Crippen LogP contribution in [0.2, 0.25) is 5.02 Å². The van der Waals surface area contributed by atoms with Crippen molar-refractivity contribution >= 4 is 28.5 Å². The molecule has 0 saturated carbocycles. The van der Waals surface area contributed by atoms with Crippen molar-refractivity contribution in [2.24, 2.45) is 0 Å². The molecule has 0 spiro atoms. The molecule has 0 radical (unpaired) electrons. The van der Waals surface area contributed by atoms with E-state index >= 15 is 0 Å². The molecule has 0 aliphatic rings. The fraction of sp³-hybridized carbons (Fsp3) is 0.0625. The van der Waals surface area contributed by atoms with Gasteiger partial charge in [-0.1, -0.05) is 11.6 Å². The number of carboxylic acid groups (broad SMARTS) is 1. The van der Waals surface area contributed by atoms with E-state index in [-0.39, 0.29) is 11.1 Å². The van der Waals surface area contributed by atoms with Crippen LogP contribution in [0, 0.1) is 0 Å². The van der Waals surface area contributed by atoms with Gasteiger partial charge in [-0.15, -0.1) is 0 Å². The molecule has 116 valence electrons.